The summed E-state index contributed by atoms with van der Waals surface area (Å²) in [7, 11) is 0. The van der Waals surface area contributed by atoms with Crippen molar-refractivity contribution in [1.29, 1.82) is 0 Å². The van der Waals surface area contributed by atoms with Gasteiger partial charge in [0.1, 0.15) is 12.2 Å². The van der Waals surface area contributed by atoms with Gasteiger partial charge in [-0.15, -0.1) is 48.2 Å². The van der Waals surface area contributed by atoms with Crippen molar-refractivity contribution < 1.29 is 29.6 Å². The molecule has 0 atom stereocenters. The first kappa shape index (κ1) is 29.4. The SMILES string of the molecule is C#CC#CC#CC#COc1ccc(-c2cc[c-]c(-c3nccc4ccccc34)c2)cc1OC#CC#CC#CC#C.[Ir]. The molecule has 1 heterocycles. The maximum Gasteiger partial charge on any atom is 0.184 e. The van der Waals surface area contributed by atoms with Gasteiger partial charge in [0.15, 0.2) is 11.5 Å². The van der Waals surface area contributed by atoms with Gasteiger partial charge in [-0.25, -0.2) is 0 Å². The molecule has 1 aromatic heterocycles. The van der Waals surface area contributed by atoms with Crippen LogP contribution in [0.25, 0.3) is 33.2 Å². The van der Waals surface area contributed by atoms with Gasteiger partial charge in [-0.2, -0.15) is 0 Å². The molecule has 1 radical (unpaired) electrons. The fraction of sp³-hybridized carbons (Fsp3) is 0. The molecule has 4 heteroatoms. The first-order chi connectivity index (χ1) is 19.8. The van der Waals surface area contributed by atoms with E-state index in [1.165, 1.54) is 0 Å². The molecule has 0 aliphatic rings. The molecule has 0 saturated carbocycles. The van der Waals surface area contributed by atoms with Gasteiger partial charge in [-0.3, -0.25) is 0 Å². The third kappa shape index (κ3) is 8.40. The van der Waals surface area contributed by atoms with E-state index < -0.39 is 0 Å². The van der Waals surface area contributed by atoms with Crippen LogP contribution in [0.1, 0.15) is 0 Å². The first-order valence-corrected chi connectivity index (χ1v) is 11.6. The summed E-state index contributed by atoms with van der Waals surface area (Å²) in [6.45, 7) is 0. The number of aromatic nitrogens is 1. The van der Waals surface area contributed by atoms with Gasteiger partial charge in [0.2, 0.25) is 0 Å². The van der Waals surface area contributed by atoms with Crippen LogP contribution in [-0.4, -0.2) is 4.98 Å². The Balaban J connectivity index is 0.00000462. The minimum Gasteiger partial charge on any atom is -0.403 e. The molecule has 0 aliphatic heterocycles. The molecule has 3 aromatic carbocycles. The Morgan fingerprint density at radius 2 is 1.27 bits per heavy atom. The molecular weight excluding hydrogens is 683 g/mol. The van der Waals surface area contributed by atoms with Gasteiger partial charge in [0.25, 0.3) is 0 Å². The molecule has 0 spiro atoms. The number of hydrogen-bond acceptors (Lipinski definition) is 3. The Morgan fingerprint density at radius 3 is 2.00 bits per heavy atom. The van der Waals surface area contributed by atoms with Crippen LogP contribution in [0.3, 0.4) is 0 Å². The Morgan fingerprint density at radius 1 is 0.634 bits per heavy atom. The number of pyridine rings is 1. The summed E-state index contributed by atoms with van der Waals surface area (Å²) in [5.74, 6) is 29.9. The fourth-order valence-corrected chi connectivity index (χ4v) is 3.44. The summed E-state index contributed by atoms with van der Waals surface area (Å²) in [5.41, 5.74) is 3.47. The van der Waals surface area contributed by atoms with Crippen LogP contribution in [-0.2, 0) is 20.1 Å². The van der Waals surface area contributed by atoms with Crippen LogP contribution in [0.15, 0.2) is 72.9 Å². The standard InChI is InChI=1S/C37H14NO2.Ir/c1-3-5-7-9-11-15-26-39-35-23-22-32(29-36(35)40-27-16-12-10-8-6-4-2)31-19-17-20-33(28-31)37-34-21-14-13-18-30(34)24-25-38-37;/h1-2,13-14,17-19,21-25,28-29H;/q-1;. The number of fused-ring (bicyclic) bond motifs is 1. The molecule has 4 rings (SSSR count). The van der Waals surface area contributed by atoms with Crippen molar-refractivity contribution in [3.8, 4) is 130 Å². The monoisotopic (exact) mass is 697 g/mol. The zero-order valence-corrected chi connectivity index (χ0v) is 23.6. The van der Waals surface area contributed by atoms with E-state index in [9.17, 15) is 0 Å². The molecule has 0 unspecified atom stereocenters. The summed E-state index contributed by atoms with van der Waals surface area (Å²) < 4.78 is 11.2. The van der Waals surface area contributed by atoms with Crippen molar-refractivity contribution in [3.05, 3.63) is 79.0 Å². The summed E-state index contributed by atoms with van der Waals surface area (Å²) in [5, 5.41) is 2.14. The number of terminal acetylenes is 2. The molecule has 4 aromatic rings. The predicted octanol–water partition coefficient (Wildman–Crippen LogP) is 5.33. The van der Waals surface area contributed by atoms with Crippen LogP contribution >= 0.6 is 0 Å². The zero-order chi connectivity index (χ0) is 27.8. The van der Waals surface area contributed by atoms with Gasteiger partial charge in [-0.05, 0) is 75.8 Å². The molecule has 0 amide bonds. The van der Waals surface area contributed by atoms with E-state index in [0.29, 0.717) is 11.5 Å². The largest absolute Gasteiger partial charge is 0.403 e. The van der Waals surface area contributed by atoms with Gasteiger partial charge >= 0.3 is 0 Å². The average Bonchev–Trinajstić information content (AvgIpc) is 3.00. The average molecular weight is 697 g/mol. The Labute approximate surface area is 253 Å². The van der Waals surface area contributed by atoms with E-state index >= 15 is 0 Å². The summed E-state index contributed by atoms with van der Waals surface area (Å²) in [6, 6.07) is 24.6. The zero-order valence-electron chi connectivity index (χ0n) is 21.2. The molecular formula is C37H14IrNO2-. The van der Waals surface area contributed by atoms with E-state index in [1.54, 1.807) is 18.3 Å². The Bertz CT molecular complexity index is 2070. The smallest absolute Gasteiger partial charge is 0.184 e. The van der Waals surface area contributed by atoms with E-state index in [1.807, 2.05) is 48.5 Å². The maximum atomic E-state index is 5.64. The quantitative estimate of drug-likeness (QED) is 0.214. The van der Waals surface area contributed by atoms with Crippen molar-refractivity contribution in [3.63, 3.8) is 0 Å². The number of nitrogens with zero attached hydrogens (tertiary/aromatic N) is 1. The van der Waals surface area contributed by atoms with Crippen molar-refractivity contribution in [1.82, 2.24) is 4.98 Å². The molecule has 189 valence electrons. The molecule has 0 bridgehead atoms. The van der Waals surface area contributed by atoms with Gasteiger partial charge in [0.05, 0.1) is 0 Å². The minimum absolute atomic E-state index is 0. The van der Waals surface area contributed by atoms with Gasteiger partial charge in [0, 0.05) is 61.8 Å². The van der Waals surface area contributed by atoms with Crippen molar-refractivity contribution >= 4 is 10.8 Å². The normalized spacial score (nSPS) is 8.05. The second-order valence-corrected chi connectivity index (χ2v) is 7.48. The summed E-state index contributed by atoms with van der Waals surface area (Å²) in [6.07, 6.45) is 16.9. The van der Waals surface area contributed by atoms with E-state index in [0.717, 1.165) is 33.2 Å². The first-order valence-electron chi connectivity index (χ1n) is 11.6. The van der Waals surface area contributed by atoms with Crippen LogP contribution < -0.4 is 9.47 Å². The number of benzene rings is 3. The Kier molecular flexibility index (Phi) is 11.4. The molecule has 0 aliphatic carbocycles. The van der Waals surface area contributed by atoms with E-state index in [4.69, 9.17) is 22.3 Å². The predicted molar refractivity (Wildman–Crippen MR) is 157 cm³/mol. The summed E-state index contributed by atoms with van der Waals surface area (Å²) >= 11 is 0. The fourth-order valence-electron chi connectivity index (χ4n) is 3.44. The second-order valence-electron chi connectivity index (χ2n) is 7.48. The van der Waals surface area contributed by atoms with Crippen LogP contribution in [0.2, 0.25) is 0 Å². The number of rotatable bonds is 4. The van der Waals surface area contributed by atoms with Crippen molar-refractivity contribution in [2.24, 2.45) is 0 Å². The van der Waals surface area contributed by atoms with Crippen molar-refractivity contribution in [2.75, 3.05) is 0 Å². The third-order valence-electron chi connectivity index (χ3n) is 5.08. The minimum atomic E-state index is 0. The third-order valence-corrected chi connectivity index (χ3v) is 5.08. The van der Waals surface area contributed by atoms with Crippen LogP contribution in [0.4, 0.5) is 0 Å². The Hall–Kier alpha value is -6.20. The van der Waals surface area contributed by atoms with E-state index in [2.05, 4.69) is 100 Å². The van der Waals surface area contributed by atoms with Crippen LogP contribution in [0, 0.1) is 102 Å². The molecule has 41 heavy (non-hydrogen) atoms. The molecule has 3 nitrogen and oxygen atoms in total. The molecule has 0 N–H and O–H groups in total. The summed E-state index contributed by atoms with van der Waals surface area (Å²) in [4.78, 5) is 4.61. The second kappa shape index (κ2) is 15.9. The maximum absolute atomic E-state index is 5.64. The van der Waals surface area contributed by atoms with Gasteiger partial charge < -0.3 is 14.5 Å². The molecule has 0 fully saturated rings. The number of ether oxygens (including phenoxy) is 2. The van der Waals surface area contributed by atoms with Crippen molar-refractivity contribution in [2.45, 2.75) is 0 Å². The number of hydrogen-bond donors (Lipinski definition) is 0. The van der Waals surface area contributed by atoms with Crippen LogP contribution in [0.5, 0.6) is 11.5 Å². The van der Waals surface area contributed by atoms with E-state index in [-0.39, 0.29) is 20.1 Å². The topological polar surface area (TPSA) is 31.4 Å². The van der Waals surface area contributed by atoms with Gasteiger partial charge in [-0.1, -0.05) is 30.3 Å². The molecule has 0 saturated heterocycles.